The zero-order valence-electron chi connectivity index (χ0n) is 10.1. The van der Waals surface area contributed by atoms with Gasteiger partial charge in [-0.15, -0.1) is 0 Å². The van der Waals surface area contributed by atoms with Crippen LogP contribution in [-0.4, -0.2) is 53.0 Å². The summed E-state index contributed by atoms with van der Waals surface area (Å²) in [5.41, 5.74) is -0.306. The third kappa shape index (κ3) is 3.50. The first-order valence-corrected chi connectivity index (χ1v) is 5.51. The van der Waals surface area contributed by atoms with E-state index in [1.54, 1.807) is 7.05 Å². The molecule has 17 heavy (non-hydrogen) atoms. The summed E-state index contributed by atoms with van der Waals surface area (Å²) in [6.45, 7) is 1.34. The van der Waals surface area contributed by atoms with Crippen molar-refractivity contribution in [1.82, 2.24) is 14.5 Å². The first-order valence-electron chi connectivity index (χ1n) is 5.10. The topological polar surface area (TPSA) is 73.6 Å². The van der Waals surface area contributed by atoms with Gasteiger partial charge in [-0.3, -0.25) is 19.3 Å². The molecule has 0 bridgehead atoms. The Hall–Kier alpha value is -1.47. The number of rotatable bonds is 4. The summed E-state index contributed by atoms with van der Waals surface area (Å²) >= 11 is 4.85. The van der Waals surface area contributed by atoms with Gasteiger partial charge in [0, 0.05) is 19.8 Å². The highest BCUT2D eigenvalue weighted by Crippen LogP contribution is 2.08. The van der Waals surface area contributed by atoms with Crippen LogP contribution in [0.4, 0.5) is 0 Å². The van der Waals surface area contributed by atoms with Crippen molar-refractivity contribution in [3.8, 4) is 5.88 Å². The lowest BCUT2D eigenvalue weighted by atomic mass is 10.3. The number of aromatic amines is 1. The van der Waals surface area contributed by atoms with Crippen molar-refractivity contribution in [3.63, 3.8) is 0 Å². The van der Waals surface area contributed by atoms with Crippen LogP contribution in [0.5, 0.6) is 5.88 Å². The second-order valence-electron chi connectivity index (χ2n) is 3.89. The van der Waals surface area contributed by atoms with Crippen LogP contribution in [0.2, 0.25) is 0 Å². The average molecular weight is 256 g/mol. The maximum atomic E-state index is 11.5. The van der Waals surface area contributed by atoms with E-state index >= 15 is 0 Å². The molecular weight excluding hydrogens is 240 g/mol. The lowest BCUT2D eigenvalue weighted by Crippen LogP contribution is -2.18. The van der Waals surface area contributed by atoms with Gasteiger partial charge in [-0.2, -0.15) is 0 Å². The van der Waals surface area contributed by atoms with Gasteiger partial charge >= 0.3 is 0 Å². The highest BCUT2D eigenvalue weighted by Gasteiger charge is 2.07. The summed E-state index contributed by atoms with van der Waals surface area (Å²) in [7, 11) is 5.45. The van der Waals surface area contributed by atoms with Crippen LogP contribution < -0.4 is 5.56 Å². The highest BCUT2D eigenvalue weighted by molar-refractivity contribution is 7.71. The second kappa shape index (κ2) is 5.74. The Balaban J connectivity index is 2.96. The summed E-state index contributed by atoms with van der Waals surface area (Å²) in [6.07, 6.45) is 1.37. The van der Waals surface area contributed by atoms with Crippen LogP contribution >= 0.6 is 12.2 Å². The molecule has 1 aromatic rings. The van der Waals surface area contributed by atoms with E-state index < -0.39 is 5.56 Å². The fraction of sp³-hybridized carbons (Fsp3) is 0.500. The summed E-state index contributed by atoms with van der Waals surface area (Å²) in [5, 5.41) is 9.74. The molecule has 0 saturated carbocycles. The zero-order valence-corrected chi connectivity index (χ0v) is 10.9. The van der Waals surface area contributed by atoms with Gasteiger partial charge in [0.05, 0.1) is 6.54 Å². The molecule has 94 valence electrons. The van der Waals surface area contributed by atoms with Crippen LogP contribution in [0, 0.1) is 4.77 Å². The van der Waals surface area contributed by atoms with E-state index in [2.05, 4.69) is 9.98 Å². The third-order valence-corrected chi connectivity index (χ3v) is 2.60. The van der Waals surface area contributed by atoms with E-state index in [4.69, 9.17) is 12.2 Å². The van der Waals surface area contributed by atoms with Crippen LogP contribution in [0.3, 0.4) is 0 Å². The molecule has 7 heteroatoms. The predicted octanol–water partition coefficient (Wildman–Crippen LogP) is 0.129. The Bertz CT molecular complexity index is 530. The molecule has 0 amide bonds. The molecule has 1 aromatic heterocycles. The summed E-state index contributed by atoms with van der Waals surface area (Å²) in [6, 6.07) is 0. The van der Waals surface area contributed by atoms with Crippen LogP contribution in [0.1, 0.15) is 5.56 Å². The van der Waals surface area contributed by atoms with Crippen LogP contribution in [-0.2, 0) is 7.05 Å². The minimum Gasteiger partial charge on any atom is -0.494 e. The summed E-state index contributed by atoms with van der Waals surface area (Å²) < 4.78 is 1.50. The van der Waals surface area contributed by atoms with Crippen molar-refractivity contribution in [2.45, 2.75) is 0 Å². The fourth-order valence-corrected chi connectivity index (χ4v) is 1.34. The number of hydrogen-bond acceptors (Lipinski definition) is 5. The number of aliphatic imine (C=N–C) groups is 1. The number of nitrogens with zero attached hydrogens (tertiary/aromatic N) is 3. The van der Waals surface area contributed by atoms with Crippen molar-refractivity contribution < 1.29 is 5.11 Å². The molecule has 0 atom stereocenters. The van der Waals surface area contributed by atoms with Gasteiger partial charge in [0.1, 0.15) is 5.56 Å². The Kier molecular flexibility index (Phi) is 4.59. The number of aromatic nitrogens is 2. The quantitative estimate of drug-likeness (QED) is 0.593. The van der Waals surface area contributed by atoms with Gasteiger partial charge in [-0.05, 0) is 26.3 Å². The molecule has 1 rings (SSSR count). The van der Waals surface area contributed by atoms with E-state index in [-0.39, 0.29) is 16.2 Å². The molecule has 2 N–H and O–H groups in total. The number of likely N-dealkylation sites (N-methyl/N-ethyl adjacent to an activating group) is 1. The fourth-order valence-electron chi connectivity index (χ4n) is 1.16. The Morgan fingerprint density at radius 2 is 2.24 bits per heavy atom. The smallest absolute Gasteiger partial charge is 0.264 e. The molecule has 0 saturated heterocycles. The molecule has 0 aromatic carbocycles. The van der Waals surface area contributed by atoms with Crippen molar-refractivity contribution in [2.24, 2.45) is 12.0 Å². The van der Waals surface area contributed by atoms with E-state index in [0.29, 0.717) is 6.54 Å². The predicted molar refractivity (Wildman–Crippen MR) is 69.5 cm³/mol. The maximum absolute atomic E-state index is 11.5. The molecule has 0 aliphatic heterocycles. The first-order chi connectivity index (χ1) is 7.93. The first kappa shape index (κ1) is 13.6. The second-order valence-corrected chi connectivity index (χ2v) is 4.28. The minimum absolute atomic E-state index is 0.125. The molecule has 0 radical (unpaired) electrons. The van der Waals surface area contributed by atoms with Gasteiger partial charge in [0.2, 0.25) is 5.88 Å². The number of nitrogens with one attached hydrogen (secondary N) is 1. The number of hydrogen-bond donors (Lipinski definition) is 2. The van der Waals surface area contributed by atoms with E-state index in [0.717, 1.165) is 6.54 Å². The Labute approximate surface area is 104 Å². The molecule has 0 spiro atoms. The van der Waals surface area contributed by atoms with Crippen molar-refractivity contribution in [3.05, 3.63) is 20.7 Å². The standard InChI is InChI=1S/C10H16N4O2S/c1-13(2)5-4-11-6-7-8(15)12-10(17)14(3)9(7)16/h6,16H,4-5H2,1-3H3,(H,12,15,17). The summed E-state index contributed by atoms with van der Waals surface area (Å²) in [4.78, 5) is 20.1. The SMILES string of the molecule is CN(C)CCN=Cc1c(O)n(C)c(=S)[nH]c1=O. The van der Waals surface area contributed by atoms with Crippen molar-refractivity contribution in [2.75, 3.05) is 27.2 Å². The van der Waals surface area contributed by atoms with Gasteiger partial charge in [0.15, 0.2) is 4.77 Å². The Morgan fingerprint density at radius 3 is 2.82 bits per heavy atom. The monoisotopic (exact) mass is 256 g/mol. The molecule has 0 aliphatic rings. The third-order valence-electron chi connectivity index (χ3n) is 2.23. The largest absolute Gasteiger partial charge is 0.494 e. The Morgan fingerprint density at radius 1 is 1.59 bits per heavy atom. The van der Waals surface area contributed by atoms with E-state index in [1.807, 2.05) is 19.0 Å². The van der Waals surface area contributed by atoms with Gasteiger partial charge < -0.3 is 10.0 Å². The molecule has 0 unspecified atom stereocenters. The van der Waals surface area contributed by atoms with Gasteiger partial charge in [-0.1, -0.05) is 0 Å². The number of aromatic hydroxyl groups is 1. The molecule has 0 aliphatic carbocycles. The highest BCUT2D eigenvalue weighted by atomic mass is 32.1. The lowest BCUT2D eigenvalue weighted by molar-refractivity contribution is 0.418. The van der Waals surface area contributed by atoms with Gasteiger partial charge in [0.25, 0.3) is 5.56 Å². The zero-order chi connectivity index (χ0) is 13.0. The number of H-pyrrole nitrogens is 1. The molecule has 6 nitrogen and oxygen atoms in total. The maximum Gasteiger partial charge on any atom is 0.264 e. The van der Waals surface area contributed by atoms with E-state index in [9.17, 15) is 9.90 Å². The van der Waals surface area contributed by atoms with Crippen molar-refractivity contribution >= 4 is 18.4 Å². The molecule has 1 heterocycles. The normalized spacial score (nSPS) is 11.5. The minimum atomic E-state index is -0.431. The van der Waals surface area contributed by atoms with Crippen molar-refractivity contribution in [1.29, 1.82) is 0 Å². The van der Waals surface area contributed by atoms with Crippen LogP contribution in [0.15, 0.2) is 9.79 Å². The molecular formula is C10H16N4O2S. The van der Waals surface area contributed by atoms with Crippen LogP contribution in [0.25, 0.3) is 0 Å². The average Bonchev–Trinajstić information content (AvgIpc) is 2.24. The van der Waals surface area contributed by atoms with E-state index in [1.165, 1.54) is 10.8 Å². The molecule has 0 fully saturated rings. The summed E-state index contributed by atoms with van der Waals surface area (Å²) in [5.74, 6) is -0.174. The van der Waals surface area contributed by atoms with Gasteiger partial charge in [-0.25, -0.2) is 0 Å². The lowest BCUT2D eigenvalue weighted by Gasteiger charge is -2.06.